The Morgan fingerprint density at radius 2 is 1.78 bits per heavy atom. The van der Waals surface area contributed by atoms with Crippen molar-refractivity contribution < 1.29 is 13.2 Å². The van der Waals surface area contributed by atoms with Gasteiger partial charge in [-0.1, -0.05) is 12.2 Å². The van der Waals surface area contributed by atoms with Gasteiger partial charge < -0.3 is 4.90 Å². The highest BCUT2D eigenvalue weighted by Gasteiger charge is 2.22. The van der Waals surface area contributed by atoms with Crippen molar-refractivity contribution in [2.45, 2.75) is 13.8 Å². The summed E-state index contributed by atoms with van der Waals surface area (Å²) in [4.78, 5) is 24.2. The van der Waals surface area contributed by atoms with Gasteiger partial charge in [0.05, 0.1) is 6.20 Å². The topological polar surface area (TPSA) is 111 Å². The average Bonchev–Trinajstić information content (AvgIpc) is 2.61. The number of carbonyl (C=O) groups excluding carboxylic acids is 1. The maximum absolute atomic E-state index is 12.2. The van der Waals surface area contributed by atoms with Crippen molar-refractivity contribution in [3.8, 4) is 0 Å². The second kappa shape index (κ2) is 10.4. The predicted octanol–water partition coefficient (Wildman–Crippen LogP) is -0.492. The molecule has 1 rings (SSSR count). The Hall–Kier alpha value is -1.96. The maximum atomic E-state index is 12.2. The van der Waals surface area contributed by atoms with Crippen LogP contribution in [0.4, 0.5) is 0 Å². The van der Waals surface area contributed by atoms with E-state index in [1.165, 1.54) is 42.7 Å². The summed E-state index contributed by atoms with van der Waals surface area (Å²) in [5.41, 5.74) is 2.76. The Bertz CT molecular complexity index is 769. The Kier molecular flexibility index (Phi) is 8.88. The van der Waals surface area contributed by atoms with Crippen molar-refractivity contribution in [1.29, 1.82) is 0 Å². The van der Waals surface area contributed by atoms with Crippen molar-refractivity contribution in [3.63, 3.8) is 0 Å². The molecular weight excluding hydrogens is 410 g/mol. The molecular formula is C14H23N7O3S3. The molecule has 1 aromatic heterocycles. The number of carbonyl (C=O) groups is 1. The Morgan fingerprint density at radius 3 is 2.30 bits per heavy atom. The summed E-state index contributed by atoms with van der Waals surface area (Å²) < 4.78 is 24.4. The van der Waals surface area contributed by atoms with E-state index in [-0.39, 0.29) is 4.99 Å². The Labute approximate surface area is 169 Å². The molecule has 1 aromatic rings. The lowest BCUT2D eigenvalue weighted by Gasteiger charge is -2.29. The van der Waals surface area contributed by atoms with Crippen LogP contribution in [-0.4, -0.2) is 82.2 Å². The molecule has 0 aliphatic heterocycles. The number of hydrogen-bond acceptors (Lipinski definition) is 7. The van der Waals surface area contributed by atoms with Gasteiger partial charge in [-0.2, -0.15) is 0 Å². The van der Waals surface area contributed by atoms with Crippen LogP contribution in [0.1, 0.15) is 19.5 Å². The minimum atomic E-state index is -3.96. The van der Waals surface area contributed by atoms with Crippen molar-refractivity contribution >= 4 is 50.5 Å². The van der Waals surface area contributed by atoms with Crippen LogP contribution in [0, 0.1) is 0 Å². The molecule has 2 N–H and O–H groups in total. The number of hydrogen-bond donors (Lipinski definition) is 2. The van der Waals surface area contributed by atoms with Crippen LogP contribution in [-0.2, 0) is 14.8 Å². The zero-order valence-corrected chi connectivity index (χ0v) is 18.0. The quantitative estimate of drug-likeness (QED) is 0.431. The van der Waals surface area contributed by atoms with E-state index in [1.807, 2.05) is 13.8 Å². The van der Waals surface area contributed by atoms with E-state index in [9.17, 15) is 13.2 Å². The third kappa shape index (κ3) is 7.28. The van der Waals surface area contributed by atoms with E-state index in [0.29, 0.717) is 23.9 Å². The molecule has 0 aliphatic carbocycles. The maximum Gasteiger partial charge on any atom is 0.255 e. The highest BCUT2D eigenvalue weighted by Crippen LogP contribution is 1.99. The smallest absolute Gasteiger partial charge is 0.255 e. The van der Waals surface area contributed by atoms with Crippen LogP contribution in [0.15, 0.2) is 18.6 Å². The summed E-state index contributed by atoms with van der Waals surface area (Å²) in [5, 5.41) is 2.71. The summed E-state index contributed by atoms with van der Waals surface area (Å²) in [6.45, 7) is 5.07. The van der Waals surface area contributed by atoms with E-state index in [0.717, 1.165) is 0 Å². The molecule has 0 atom stereocenters. The summed E-state index contributed by atoms with van der Waals surface area (Å²) >= 11 is 10.4. The first-order valence-electron chi connectivity index (χ1n) is 7.97. The molecule has 27 heavy (non-hydrogen) atoms. The van der Waals surface area contributed by atoms with Gasteiger partial charge in [0.1, 0.15) is 16.4 Å². The van der Waals surface area contributed by atoms with Gasteiger partial charge in [0.15, 0.2) is 5.11 Å². The summed E-state index contributed by atoms with van der Waals surface area (Å²) in [6, 6.07) is 0. The first kappa shape index (κ1) is 23.1. The summed E-state index contributed by atoms with van der Waals surface area (Å²) in [7, 11) is -0.999. The fraction of sp³-hybridized carbons (Fsp3) is 0.500. The van der Waals surface area contributed by atoms with E-state index in [2.05, 4.69) is 20.2 Å². The highest BCUT2D eigenvalue weighted by atomic mass is 32.2. The molecule has 0 saturated carbocycles. The number of nitrogens with zero attached hydrogens (tertiary/aromatic N) is 5. The molecule has 13 heteroatoms. The number of amides is 1. The fourth-order valence-corrected chi connectivity index (χ4v) is 3.50. The lowest BCUT2D eigenvalue weighted by atomic mass is 10.4. The van der Waals surface area contributed by atoms with Crippen molar-refractivity contribution in [3.05, 3.63) is 24.3 Å². The number of nitrogens with one attached hydrogen (secondary N) is 2. The Morgan fingerprint density at radius 1 is 1.15 bits per heavy atom. The predicted molar refractivity (Wildman–Crippen MR) is 110 cm³/mol. The number of thiocarbonyl (C=S) groups is 2. The van der Waals surface area contributed by atoms with Crippen LogP contribution in [0.3, 0.4) is 0 Å². The summed E-state index contributed by atoms with van der Waals surface area (Å²) in [6.07, 6.45) is 4.38. The fourth-order valence-electron chi connectivity index (χ4n) is 2.01. The van der Waals surface area contributed by atoms with Gasteiger partial charge in [0, 0.05) is 39.6 Å². The van der Waals surface area contributed by atoms with Gasteiger partial charge >= 0.3 is 0 Å². The van der Waals surface area contributed by atoms with Crippen molar-refractivity contribution in [1.82, 2.24) is 35.1 Å². The van der Waals surface area contributed by atoms with Crippen LogP contribution >= 0.6 is 24.4 Å². The van der Waals surface area contributed by atoms with Crippen molar-refractivity contribution in [2.24, 2.45) is 0 Å². The lowest BCUT2D eigenvalue weighted by Crippen LogP contribution is -2.52. The van der Waals surface area contributed by atoms with Crippen molar-refractivity contribution in [2.75, 3.05) is 32.9 Å². The molecule has 0 aromatic carbocycles. The third-order valence-electron chi connectivity index (χ3n) is 3.30. The van der Waals surface area contributed by atoms with Crippen LogP contribution in [0.5, 0.6) is 0 Å². The molecule has 0 aliphatic rings. The minimum Gasteiger partial charge on any atom is -0.349 e. The van der Waals surface area contributed by atoms with Gasteiger partial charge in [-0.15, -0.1) is 4.83 Å². The number of aromatic nitrogens is 2. The monoisotopic (exact) mass is 433 g/mol. The van der Waals surface area contributed by atoms with Crippen LogP contribution in [0.25, 0.3) is 0 Å². The normalized spacial score (nSPS) is 10.8. The van der Waals surface area contributed by atoms with E-state index >= 15 is 0 Å². The largest absolute Gasteiger partial charge is 0.349 e. The molecule has 0 saturated heterocycles. The first-order valence-corrected chi connectivity index (χ1v) is 10.4. The van der Waals surface area contributed by atoms with Gasteiger partial charge in [-0.05, 0) is 26.1 Å². The second-order valence-electron chi connectivity index (χ2n) is 5.35. The molecule has 150 valence electrons. The van der Waals surface area contributed by atoms with Gasteiger partial charge in [-0.25, -0.2) is 8.42 Å². The zero-order chi connectivity index (χ0) is 20.6. The average molecular weight is 434 g/mol. The molecule has 0 fully saturated rings. The number of rotatable bonds is 7. The lowest BCUT2D eigenvalue weighted by molar-refractivity contribution is -0.121. The molecule has 0 spiro atoms. The van der Waals surface area contributed by atoms with Gasteiger partial charge in [-0.3, -0.25) is 30.2 Å². The number of hydrazine groups is 2. The van der Waals surface area contributed by atoms with E-state index in [4.69, 9.17) is 24.4 Å². The van der Waals surface area contributed by atoms with Crippen LogP contribution < -0.4 is 10.3 Å². The molecule has 1 amide bonds. The first-order chi connectivity index (χ1) is 12.6. The molecule has 0 bridgehead atoms. The molecule has 0 unspecified atom stereocenters. The third-order valence-corrected chi connectivity index (χ3v) is 5.51. The molecule has 0 radical (unpaired) electrons. The Balaban J connectivity index is 2.64. The highest BCUT2D eigenvalue weighted by molar-refractivity contribution is 7.90. The molecule has 10 nitrogen and oxygen atoms in total. The number of sulfonamides is 1. The molecule has 1 heterocycles. The van der Waals surface area contributed by atoms with Gasteiger partial charge in [0.2, 0.25) is 10.0 Å². The zero-order valence-electron chi connectivity index (χ0n) is 15.5. The summed E-state index contributed by atoms with van der Waals surface area (Å²) in [5.74, 6) is -1.57. The van der Waals surface area contributed by atoms with E-state index < -0.39 is 21.7 Å². The minimum absolute atomic E-state index is 0.196. The van der Waals surface area contributed by atoms with E-state index in [1.54, 1.807) is 4.90 Å². The van der Waals surface area contributed by atoms with Crippen LogP contribution in [0.2, 0.25) is 0 Å². The second-order valence-corrected chi connectivity index (χ2v) is 7.81. The van der Waals surface area contributed by atoms with Gasteiger partial charge in [0.25, 0.3) is 5.91 Å². The standard InChI is InChI=1S/C14H23N7O3S3/c1-5-21(6-2)14(26)20(4)18-27(23,24)10-12(22)17-19(3)13(25)11-9-15-7-8-16-11/h7-9,18H,5-6,10H2,1-4H3,(H,17,22). The SMILES string of the molecule is CCN(CC)C(=S)N(C)NS(=O)(=O)CC(=O)NN(C)C(=S)c1cnccn1.